The van der Waals surface area contributed by atoms with Crippen molar-refractivity contribution in [3.63, 3.8) is 0 Å². The zero-order valence-electron chi connectivity index (χ0n) is 79.3. The fraction of sp³-hybridized carbons (Fsp3) is 0.686. The van der Waals surface area contributed by atoms with Crippen LogP contribution in [0.3, 0.4) is 0 Å². The fourth-order valence-corrected chi connectivity index (χ4v) is 9.64. The minimum absolute atomic E-state index is 0.0284. The number of nitrogens with one attached hydrogen (secondary N) is 5. The van der Waals surface area contributed by atoms with E-state index in [4.69, 9.17) is 41.5 Å². The summed E-state index contributed by atoms with van der Waals surface area (Å²) < 4.78 is 132. The number of esters is 4. The van der Waals surface area contributed by atoms with Crippen LogP contribution in [0.15, 0.2) is 47.6 Å². The van der Waals surface area contributed by atoms with Crippen molar-refractivity contribution in [3.8, 4) is 6.07 Å². The van der Waals surface area contributed by atoms with Crippen molar-refractivity contribution < 1.29 is 77.6 Å². The Kier molecular flexibility index (Phi) is 40.6. The number of aryl methyl sites for hydroxylation is 4. The summed E-state index contributed by atoms with van der Waals surface area (Å²) in [4.78, 5) is 51.3. The Morgan fingerprint density at radius 1 is 0.403 bits per heavy atom. The maximum atomic E-state index is 12.4. The van der Waals surface area contributed by atoms with Crippen LogP contribution in [-0.2, 0) is 115 Å². The summed E-state index contributed by atoms with van der Waals surface area (Å²) in [5.41, 5.74) is 23.2. The van der Waals surface area contributed by atoms with Crippen molar-refractivity contribution in [2.24, 2.45) is 16.6 Å². The molecule has 0 aliphatic heterocycles. The number of H-pyrrole nitrogens is 3. The molecule has 0 atom stereocenters. The number of carbonyl (C=O) groups is 4. The first-order valence-corrected chi connectivity index (χ1v) is 40.8. The summed E-state index contributed by atoms with van der Waals surface area (Å²) in [5, 5.41) is 49.4. The van der Waals surface area contributed by atoms with E-state index in [9.17, 15) is 58.7 Å². The average molecular weight is 1770 g/mol. The van der Waals surface area contributed by atoms with E-state index in [1.54, 1.807) is 65.8 Å². The second-order valence-corrected chi connectivity index (χ2v) is 40.8. The van der Waals surface area contributed by atoms with Crippen LogP contribution in [0.4, 0.5) is 39.5 Å². The molecule has 0 amide bonds. The third kappa shape index (κ3) is 47.3. The van der Waals surface area contributed by atoms with Crippen molar-refractivity contribution in [3.05, 3.63) is 122 Å². The second kappa shape index (κ2) is 44.9. The average Bonchev–Trinajstić information content (AvgIpc) is 1.68. The van der Waals surface area contributed by atoms with E-state index in [0.29, 0.717) is 72.1 Å². The van der Waals surface area contributed by atoms with Crippen molar-refractivity contribution in [1.29, 1.82) is 5.26 Å². The molecule has 0 unspecified atom stereocenters. The van der Waals surface area contributed by atoms with Gasteiger partial charge >= 0.3 is 42.4 Å². The molecule has 29 nitrogen and oxygen atoms in total. The van der Waals surface area contributed by atoms with Gasteiger partial charge in [-0.1, -0.05) is 145 Å². The number of rotatable bonds is 19. The van der Waals surface area contributed by atoms with Crippen molar-refractivity contribution in [1.82, 2.24) is 70.2 Å². The minimum Gasteiger partial charge on any atom is -0.460 e. The van der Waals surface area contributed by atoms with Crippen LogP contribution in [0.1, 0.15) is 334 Å². The molecule has 0 bridgehead atoms. The van der Waals surface area contributed by atoms with Crippen LogP contribution in [0.2, 0.25) is 0 Å². The summed E-state index contributed by atoms with van der Waals surface area (Å²) in [6.07, 6.45) is -10.9. The first-order chi connectivity index (χ1) is 55.6. The Balaban J connectivity index is 0.000000734. The van der Waals surface area contributed by atoms with Crippen LogP contribution in [0.5, 0.6) is 0 Å². The first-order valence-electron chi connectivity index (χ1n) is 40.8. The van der Waals surface area contributed by atoms with Gasteiger partial charge in [-0.05, 0) is 132 Å². The number of alkyl halides is 9. The van der Waals surface area contributed by atoms with Gasteiger partial charge in [-0.2, -0.15) is 105 Å². The van der Waals surface area contributed by atoms with Gasteiger partial charge in [-0.15, -0.1) is 0 Å². The quantitative estimate of drug-likeness (QED) is 0.0123. The number of nitrogens with two attached hydrogens (primary N) is 3. The predicted molar refractivity (Wildman–Crippen MR) is 463 cm³/mol. The van der Waals surface area contributed by atoms with Crippen LogP contribution in [-0.4, -0.2) is 154 Å². The van der Waals surface area contributed by atoms with Crippen LogP contribution in [0, 0.1) is 11.3 Å². The Morgan fingerprint density at radius 2 is 0.726 bits per heavy atom. The van der Waals surface area contributed by atoms with E-state index in [1.165, 1.54) is 4.79 Å². The maximum absolute atomic E-state index is 12.4. The van der Waals surface area contributed by atoms with Crippen molar-refractivity contribution >= 4 is 30.1 Å². The topological polar surface area (TPSA) is 401 Å². The largest absolute Gasteiger partial charge is 0.460 e. The van der Waals surface area contributed by atoms with Crippen molar-refractivity contribution in [2.75, 3.05) is 29.8 Å². The van der Waals surface area contributed by atoms with E-state index in [-0.39, 0.29) is 88.3 Å². The molecule has 0 aliphatic carbocycles. The van der Waals surface area contributed by atoms with Gasteiger partial charge in [-0.25, -0.2) is 0 Å². The predicted octanol–water partition coefficient (Wildman–Crippen LogP) is 17.1. The lowest BCUT2D eigenvalue weighted by atomic mass is 9.92. The van der Waals surface area contributed by atoms with Gasteiger partial charge in [0.25, 0.3) is 0 Å². The number of hydrogen-bond acceptors (Lipinski definition) is 22. The molecule has 0 aliphatic rings. The van der Waals surface area contributed by atoms with E-state index < -0.39 is 66.0 Å². The molecule has 702 valence electrons. The molecule has 38 heteroatoms. The molecule has 7 heterocycles. The van der Waals surface area contributed by atoms with E-state index in [2.05, 4.69) is 150 Å². The normalized spacial score (nSPS) is 12.7. The van der Waals surface area contributed by atoms with E-state index in [1.807, 2.05) is 128 Å². The zero-order valence-corrected chi connectivity index (χ0v) is 79.3. The van der Waals surface area contributed by atoms with Crippen LogP contribution >= 0.6 is 0 Å². The SMILES string of the molecule is CC(C)(C)OC(=O)CCc1cc(C(C)(C)C)n[nH]1.CC(C)(C)OC(=O)CCc1cc(C(C)(C)C)nn1/N=C/C(F)(F)F.CC(C)(C)OC(=O)CCc1cc(C(C)(C)C)nn1N.CC(C)(C)OC(=O)CCc1cc(C(C)(C)C)nn1NCC(F)(F)F.CC(C)(C)c1cc(C#N)n[nH]1.CC(C)(C)c1cc(CN)[nH]n1.CC(C)(C)c1cc(CN)n(NCC(F)(F)F)n1. The highest BCUT2D eigenvalue weighted by atomic mass is 19.4. The summed E-state index contributed by atoms with van der Waals surface area (Å²) in [6.45, 7) is 62.5. The summed E-state index contributed by atoms with van der Waals surface area (Å²) >= 11 is 0. The lowest BCUT2D eigenvalue weighted by Crippen LogP contribution is -2.30. The second-order valence-electron chi connectivity index (χ2n) is 40.8. The molecule has 11 N–H and O–H groups in total. The summed E-state index contributed by atoms with van der Waals surface area (Å²) in [5.74, 6) is 4.59. The monoisotopic (exact) mass is 1770 g/mol. The molecule has 0 spiro atoms. The standard InChI is InChI=1S/C16H26F3N3O2.C16H24F3N3O2.C14H25N3O2.C14H24N2O2.C10H17F3N4.C8H15N3.C8H11N3/c2*1-14(2,3)12-9-11(7-8-13(23)24-15(4,5)6)22(21-12)20-10-16(17,18)19;1-13(2,3)11-9-10(17(15)16-11)7-8-12(18)19-14(4,5)6;1-13(2,3)11-9-10(15-16-11)7-8-12(17)18-14(4,5)6;1-9(2,3)8-4-7(5-14)17(16-8)15-6-10(11,12)13;2*1-8(2,3)7-4-6(5-9)10-11-7/h9,20H,7-8,10H2,1-6H3;9-10H,7-8H2,1-6H3;9H,7-8,15H2,1-6H3;9H,7-8H2,1-6H3,(H,15,16);4,15H,5-6,14H2,1-3H3;4H,5,9H2,1-3H3,(H,10,11);4H,1-3H3,(H,10,11)/b;20-10+;;;;;. The van der Waals surface area contributed by atoms with Gasteiger partial charge in [0.15, 0.2) is 5.69 Å². The molecule has 0 saturated heterocycles. The van der Waals surface area contributed by atoms with Gasteiger partial charge in [0, 0.05) is 87.3 Å². The third-order valence-electron chi connectivity index (χ3n) is 16.2. The number of hydrogen-bond donors (Lipinski definition) is 8. The molecule has 0 fully saturated rings. The Morgan fingerprint density at radius 3 is 1.03 bits per heavy atom. The molecule has 7 rings (SSSR count). The fourth-order valence-electron chi connectivity index (χ4n) is 9.64. The Hall–Kier alpha value is -9.80. The van der Waals surface area contributed by atoms with Gasteiger partial charge in [0.2, 0.25) is 0 Å². The molecule has 0 aromatic carbocycles. The molecular weight excluding hydrogens is 1630 g/mol. The summed E-state index contributed by atoms with van der Waals surface area (Å²) in [6, 6.07) is 14.8. The molecule has 124 heavy (non-hydrogen) atoms. The number of aromatic nitrogens is 14. The third-order valence-corrected chi connectivity index (χ3v) is 16.2. The molecule has 7 aromatic rings. The van der Waals surface area contributed by atoms with Crippen LogP contribution in [0.25, 0.3) is 0 Å². The molecular formula is C86H142F9N21O8. The summed E-state index contributed by atoms with van der Waals surface area (Å²) in [7, 11) is 0. The smallest absolute Gasteiger partial charge is 0.428 e. The number of halogens is 9. The lowest BCUT2D eigenvalue weighted by Gasteiger charge is -2.19. The highest BCUT2D eigenvalue weighted by Crippen LogP contribution is 2.29. The van der Waals surface area contributed by atoms with E-state index in [0.717, 1.165) is 54.2 Å². The number of carbonyl (C=O) groups excluding carboxylic acids is 4. The van der Waals surface area contributed by atoms with E-state index >= 15 is 0 Å². The first kappa shape index (κ1) is 112. The molecule has 0 radical (unpaired) electrons. The Labute approximate surface area is 726 Å². The number of ether oxygens (including phenoxy) is 4. The van der Waals surface area contributed by atoms with Gasteiger partial charge in [0.1, 0.15) is 47.8 Å². The number of nitrogen functional groups attached to an aromatic ring is 1. The highest BCUT2D eigenvalue weighted by molar-refractivity contribution is 5.71. The number of nitriles is 1. The van der Waals surface area contributed by atoms with Gasteiger partial charge in [-0.3, -0.25) is 34.5 Å². The zero-order chi connectivity index (χ0) is 96.6. The Bertz CT molecular complexity index is 4500. The van der Waals surface area contributed by atoms with Gasteiger partial charge < -0.3 is 47.1 Å². The van der Waals surface area contributed by atoms with Gasteiger partial charge in [0.05, 0.1) is 82.6 Å². The van der Waals surface area contributed by atoms with Crippen LogP contribution < -0.4 is 28.2 Å². The molecule has 0 saturated carbocycles. The number of nitrogens with zero attached hydrogens (tertiary/aromatic N) is 13. The number of aromatic amines is 3. The minimum atomic E-state index is -4.53. The maximum Gasteiger partial charge on any atom is 0.428 e. The van der Waals surface area contributed by atoms with Crippen molar-refractivity contribution in [2.45, 2.75) is 372 Å². The lowest BCUT2D eigenvalue weighted by molar-refractivity contribution is -0.155. The highest BCUT2D eigenvalue weighted by Gasteiger charge is 2.33. The molecule has 7 aromatic heterocycles.